The zero-order valence-electron chi connectivity index (χ0n) is 14.9. The molecule has 1 aliphatic rings. The van der Waals surface area contributed by atoms with Crippen molar-refractivity contribution in [1.29, 1.82) is 0 Å². The molecule has 0 bridgehead atoms. The molecule has 0 saturated heterocycles. The highest BCUT2D eigenvalue weighted by atomic mass is 19.1. The van der Waals surface area contributed by atoms with Crippen molar-refractivity contribution in [2.24, 2.45) is 0 Å². The summed E-state index contributed by atoms with van der Waals surface area (Å²) < 4.78 is 13.2. The molecule has 2 aromatic carbocycles. The Hall–Kier alpha value is -2.39. The van der Waals surface area contributed by atoms with E-state index in [1.165, 1.54) is 34.9 Å². The van der Waals surface area contributed by atoms with Gasteiger partial charge in [0.15, 0.2) is 0 Å². The summed E-state index contributed by atoms with van der Waals surface area (Å²) in [5.74, 6) is 0.161. The fourth-order valence-electron chi connectivity index (χ4n) is 4.02. The number of para-hydroxylation sites is 1. The van der Waals surface area contributed by atoms with Gasteiger partial charge in [-0.15, -0.1) is 0 Å². The molecule has 2 heterocycles. The summed E-state index contributed by atoms with van der Waals surface area (Å²) in [4.78, 5) is 3.36. The normalized spacial score (nSPS) is 19.9. The molecule has 4 rings (SSSR count). The number of H-pyrrole nitrogens is 1. The molecule has 0 saturated carbocycles. The first-order valence-corrected chi connectivity index (χ1v) is 9.52. The molecule has 2 unspecified atom stereocenters. The van der Waals surface area contributed by atoms with E-state index < -0.39 is 0 Å². The summed E-state index contributed by atoms with van der Waals surface area (Å²) in [6.45, 7) is 0.921. The van der Waals surface area contributed by atoms with Crippen molar-refractivity contribution >= 4 is 10.9 Å². The topological polar surface area (TPSA) is 27.8 Å². The first kappa shape index (κ1) is 17.0. The number of aromatic nitrogens is 1. The maximum atomic E-state index is 13.2. The third-order valence-corrected chi connectivity index (χ3v) is 5.42. The van der Waals surface area contributed by atoms with Crippen LogP contribution in [-0.4, -0.2) is 17.6 Å². The number of aromatic amines is 1. The van der Waals surface area contributed by atoms with Crippen LogP contribution in [-0.2, 0) is 6.42 Å². The van der Waals surface area contributed by atoms with Gasteiger partial charge in [-0.25, -0.2) is 4.39 Å². The molecule has 0 amide bonds. The van der Waals surface area contributed by atoms with E-state index in [4.69, 9.17) is 0 Å². The van der Waals surface area contributed by atoms with E-state index in [2.05, 4.69) is 52.9 Å². The largest absolute Gasteiger partial charge is 0.361 e. The Morgan fingerprint density at radius 3 is 2.73 bits per heavy atom. The number of hydrogen-bond acceptors (Lipinski definition) is 1. The monoisotopic (exact) mass is 348 g/mol. The summed E-state index contributed by atoms with van der Waals surface area (Å²) in [5.41, 5.74) is 3.82. The molecule has 0 aliphatic carbocycles. The van der Waals surface area contributed by atoms with Crippen molar-refractivity contribution < 1.29 is 4.39 Å². The van der Waals surface area contributed by atoms with E-state index in [0.29, 0.717) is 12.0 Å². The number of fused-ring (bicyclic) bond motifs is 1. The van der Waals surface area contributed by atoms with Gasteiger partial charge in [-0.05, 0) is 48.6 Å². The second kappa shape index (κ2) is 7.88. The fraction of sp³-hybridized carbons (Fsp3) is 0.304. The van der Waals surface area contributed by atoms with Gasteiger partial charge in [0.1, 0.15) is 5.82 Å². The minimum absolute atomic E-state index is 0.170. The van der Waals surface area contributed by atoms with Crippen LogP contribution in [0.5, 0.6) is 0 Å². The molecule has 26 heavy (non-hydrogen) atoms. The number of hydrogen-bond donors (Lipinski definition) is 2. The lowest BCUT2D eigenvalue weighted by Gasteiger charge is -2.29. The highest BCUT2D eigenvalue weighted by Gasteiger charge is 2.22. The highest BCUT2D eigenvalue weighted by Crippen LogP contribution is 2.27. The molecule has 3 heteroatoms. The third kappa shape index (κ3) is 3.73. The lowest BCUT2D eigenvalue weighted by molar-refractivity contribution is 0.432. The highest BCUT2D eigenvalue weighted by molar-refractivity contribution is 5.82. The maximum absolute atomic E-state index is 13.2. The zero-order valence-corrected chi connectivity index (χ0v) is 14.9. The van der Waals surface area contributed by atoms with Gasteiger partial charge in [0.05, 0.1) is 0 Å². The molecule has 2 atom stereocenters. The van der Waals surface area contributed by atoms with Crippen molar-refractivity contribution in [3.63, 3.8) is 0 Å². The summed E-state index contributed by atoms with van der Waals surface area (Å²) in [5, 5.41) is 4.96. The molecule has 0 radical (unpaired) electrons. The first-order chi connectivity index (χ1) is 12.8. The molecular weight excluding hydrogens is 323 g/mol. The van der Waals surface area contributed by atoms with Crippen molar-refractivity contribution in [2.75, 3.05) is 6.54 Å². The van der Waals surface area contributed by atoms with Gasteiger partial charge < -0.3 is 10.3 Å². The van der Waals surface area contributed by atoms with Crippen LogP contribution in [0.3, 0.4) is 0 Å². The zero-order chi connectivity index (χ0) is 17.8. The molecule has 1 aromatic heterocycles. The Morgan fingerprint density at radius 2 is 1.85 bits per heavy atom. The van der Waals surface area contributed by atoms with Crippen LogP contribution in [0.15, 0.2) is 66.9 Å². The standard InChI is InChI=1S/C23H25FN2/c24-19-13-11-17(12-14-19)20-8-5-15-25-22(20)9-3-1-6-18-16-26-23-10-4-2-7-21(18)23/h2,4-5,7-8,10-14,16,20,22,25-26H,1,3,6,9,15H2. The average molecular weight is 348 g/mol. The average Bonchev–Trinajstić information content (AvgIpc) is 3.09. The molecule has 2 N–H and O–H groups in total. The van der Waals surface area contributed by atoms with Crippen LogP contribution in [0.25, 0.3) is 10.9 Å². The van der Waals surface area contributed by atoms with Gasteiger partial charge >= 0.3 is 0 Å². The van der Waals surface area contributed by atoms with E-state index in [9.17, 15) is 4.39 Å². The van der Waals surface area contributed by atoms with Gasteiger partial charge in [0.2, 0.25) is 0 Å². The summed E-state index contributed by atoms with van der Waals surface area (Å²) >= 11 is 0. The second-order valence-corrected chi connectivity index (χ2v) is 7.13. The molecule has 0 spiro atoms. The second-order valence-electron chi connectivity index (χ2n) is 7.13. The quantitative estimate of drug-likeness (QED) is 0.457. The Morgan fingerprint density at radius 1 is 1.00 bits per heavy atom. The lowest BCUT2D eigenvalue weighted by atomic mass is 9.86. The van der Waals surface area contributed by atoms with Gasteiger partial charge in [-0.3, -0.25) is 0 Å². The van der Waals surface area contributed by atoms with Crippen LogP contribution < -0.4 is 5.32 Å². The Bertz CT molecular complexity index is 879. The number of rotatable bonds is 6. The van der Waals surface area contributed by atoms with Crippen LogP contribution in [0.2, 0.25) is 0 Å². The molecule has 2 nitrogen and oxygen atoms in total. The van der Waals surface area contributed by atoms with Crippen molar-refractivity contribution in [2.45, 2.75) is 37.6 Å². The van der Waals surface area contributed by atoms with Crippen molar-refractivity contribution in [3.05, 3.63) is 83.8 Å². The first-order valence-electron chi connectivity index (χ1n) is 9.52. The van der Waals surface area contributed by atoms with E-state index in [1.54, 1.807) is 12.1 Å². The number of halogens is 1. The van der Waals surface area contributed by atoms with E-state index in [1.807, 2.05) is 12.1 Å². The Balaban J connectivity index is 1.34. The van der Waals surface area contributed by atoms with Gasteiger partial charge in [-0.1, -0.05) is 48.9 Å². The van der Waals surface area contributed by atoms with E-state index >= 15 is 0 Å². The SMILES string of the molecule is Fc1ccc(C2C=CCNC2CCCCc2c[nH]c3ccccc23)cc1. The molecule has 0 fully saturated rings. The van der Waals surface area contributed by atoms with Crippen LogP contribution >= 0.6 is 0 Å². The number of unbranched alkanes of at least 4 members (excludes halogenated alkanes) is 1. The predicted octanol–water partition coefficient (Wildman–Crippen LogP) is 5.33. The Labute approximate surface area is 154 Å². The van der Waals surface area contributed by atoms with Crippen LogP contribution in [0.4, 0.5) is 4.39 Å². The summed E-state index contributed by atoms with van der Waals surface area (Å²) in [6.07, 6.45) is 11.2. The van der Waals surface area contributed by atoms with Crippen LogP contribution in [0.1, 0.15) is 36.3 Å². The lowest BCUT2D eigenvalue weighted by Crippen LogP contribution is -2.37. The molecule has 1 aliphatic heterocycles. The van der Waals surface area contributed by atoms with Gasteiger partial charge in [-0.2, -0.15) is 0 Å². The van der Waals surface area contributed by atoms with E-state index in [0.717, 1.165) is 19.4 Å². The van der Waals surface area contributed by atoms with Gasteiger partial charge in [0.25, 0.3) is 0 Å². The van der Waals surface area contributed by atoms with Crippen molar-refractivity contribution in [3.8, 4) is 0 Å². The summed E-state index contributed by atoms with van der Waals surface area (Å²) in [6, 6.07) is 15.9. The predicted molar refractivity (Wildman–Crippen MR) is 106 cm³/mol. The maximum Gasteiger partial charge on any atom is 0.123 e. The van der Waals surface area contributed by atoms with Crippen molar-refractivity contribution in [1.82, 2.24) is 10.3 Å². The minimum Gasteiger partial charge on any atom is -0.361 e. The Kier molecular flexibility index (Phi) is 5.16. The molecule has 3 aromatic rings. The number of benzene rings is 2. The fourth-order valence-corrected chi connectivity index (χ4v) is 4.02. The smallest absolute Gasteiger partial charge is 0.123 e. The van der Waals surface area contributed by atoms with Crippen LogP contribution in [0, 0.1) is 5.82 Å². The minimum atomic E-state index is -0.170. The number of aryl methyl sites for hydroxylation is 1. The molecular formula is C23H25FN2. The molecule has 134 valence electrons. The summed E-state index contributed by atoms with van der Waals surface area (Å²) in [7, 11) is 0. The third-order valence-electron chi connectivity index (χ3n) is 5.42. The van der Waals surface area contributed by atoms with Gasteiger partial charge in [0, 0.05) is 35.6 Å². The van der Waals surface area contributed by atoms with E-state index in [-0.39, 0.29) is 5.82 Å². The number of nitrogens with one attached hydrogen (secondary N) is 2.